The van der Waals surface area contributed by atoms with Gasteiger partial charge in [0.25, 0.3) is 17.7 Å². The van der Waals surface area contributed by atoms with Gasteiger partial charge in [-0.15, -0.1) is 11.3 Å². The zero-order valence-electron chi connectivity index (χ0n) is 16.4. The largest absolute Gasteiger partial charge is 0.459 e. The van der Waals surface area contributed by atoms with E-state index in [9.17, 15) is 14.4 Å². The fourth-order valence-electron chi connectivity index (χ4n) is 3.37. The van der Waals surface area contributed by atoms with Gasteiger partial charge in [-0.2, -0.15) is 0 Å². The summed E-state index contributed by atoms with van der Waals surface area (Å²) in [7, 11) is 0. The highest BCUT2D eigenvalue weighted by Crippen LogP contribution is 2.32. The van der Waals surface area contributed by atoms with E-state index in [-0.39, 0.29) is 17.6 Å². The van der Waals surface area contributed by atoms with Gasteiger partial charge < -0.3 is 9.73 Å². The first-order valence-electron chi connectivity index (χ1n) is 9.67. The Hall–Kier alpha value is -3.39. The number of hydrogen-bond acceptors (Lipinski definition) is 5. The molecule has 30 heavy (non-hydrogen) atoms. The van der Waals surface area contributed by atoms with Crippen molar-refractivity contribution in [3.05, 3.63) is 75.4 Å². The van der Waals surface area contributed by atoms with E-state index in [1.54, 1.807) is 36.4 Å². The third kappa shape index (κ3) is 4.44. The highest BCUT2D eigenvalue weighted by Gasteiger charge is 2.21. The number of aryl methyl sites for hydroxylation is 1. The number of benzene rings is 1. The molecule has 1 aromatic carbocycles. The molecule has 2 aromatic heterocycles. The van der Waals surface area contributed by atoms with Crippen molar-refractivity contribution in [3.63, 3.8) is 0 Å². The lowest BCUT2D eigenvalue weighted by molar-refractivity contribution is 0.0849. The van der Waals surface area contributed by atoms with Crippen LogP contribution in [-0.2, 0) is 12.8 Å². The molecule has 2 heterocycles. The molecular formula is C22H21N3O4S. The third-order valence-corrected chi connectivity index (χ3v) is 6.23. The standard InChI is InChI=1S/C22H21N3O4S/c1-13-4-9-18-15(11-13)12-19(30-18)22(28)25-24-20(26)14-5-7-16(8-6-14)23-21(27)17-3-2-10-29-17/h2-3,5-8,10,12-13H,4,9,11H2,1H3,(H,23,27)(H,24,26)(H,25,28). The van der Waals surface area contributed by atoms with Gasteiger partial charge in [-0.25, -0.2) is 0 Å². The maximum absolute atomic E-state index is 12.4. The number of thiophene rings is 1. The van der Waals surface area contributed by atoms with Gasteiger partial charge >= 0.3 is 0 Å². The summed E-state index contributed by atoms with van der Waals surface area (Å²) in [5.41, 5.74) is 7.02. The molecule has 154 valence electrons. The van der Waals surface area contributed by atoms with Crippen LogP contribution in [0.1, 0.15) is 54.4 Å². The van der Waals surface area contributed by atoms with Gasteiger partial charge in [0.05, 0.1) is 11.1 Å². The summed E-state index contributed by atoms with van der Waals surface area (Å²) in [6.07, 6.45) is 4.56. The Morgan fingerprint density at radius 1 is 1.03 bits per heavy atom. The van der Waals surface area contributed by atoms with Crippen LogP contribution in [0.2, 0.25) is 0 Å². The zero-order chi connectivity index (χ0) is 21.1. The Morgan fingerprint density at radius 2 is 1.80 bits per heavy atom. The van der Waals surface area contributed by atoms with Crippen LogP contribution in [0.5, 0.6) is 0 Å². The predicted octanol–water partition coefficient (Wildman–Crippen LogP) is 3.79. The van der Waals surface area contributed by atoms with Crippen LogP contribution in [0.25, 0.3) is 0 Å². The van der Waals surface area contributed by atoms with Gasteiger partial charge in [-0.1, -0.05) is 6.92 Å². The van der Waals surface area contributed by atoms with E-state index in [0.29, 0.717) is 22.0 Å². The van der Waals surface area contributed by atoms with Crippen molar-refractivity contribution in [2.45, 2.75) is 26.2 Å². The third-order valence-electron chi connectivity index (χ3n) is 4.99. The van der Waals surface area contributed by atoms with E-state index in [0.717, 1.165) is 19.3 Å². The van der Waals surface area contributed by atoms with Crippen LogP contribution < -0.4 is 16.2 Å². The summed E-state index contributed by atoms with van der Waals surface area (Å²) in [5, 5.41) is 2.68. The number of fused-ring (bicyclic) bond motifs is 1. The topological polar surface area (TPSA) is 100 Å². The fourth-order valence-corrected chi connectivity index (χ4v) is 4.47. The Balaban J connectivity index is 1.31. The zero-order valence-corrected chi connectivity index (χ0v) is 17.2. The summed E-state index contributed by atoms with van der Waals surface area (Å²) < 4.78 is 5.04. The molecule has 0 saturated heterocycles. The number of amides is 3. The van der Waals surface area contributed by atoms with E-state index >= 15 is 0 Å². The Kier molecular flexibility index (Phi) is 5.67. The molecule has 0 bridgehead atoms. The number of hydrogen-bond donors (Lipinski definition) is 3. The highest BCUT2D eigenvalue weighted by molar-refractivity contribution is 7.14. The fraction of sp³-hybridized carbons (Fsp3) is 0.227. The predicted molar refractivity (Wildman–Crippen MR) is 114 cm³/mol. The normalized spacial score (nSPS) is 15.2. The molecule has 1 atom stereocenters. The lowest BCUT2D eigenvalue weighted by Gasteiger charge is -2.16. The van der Waals surface area contributed by atoms with Crippen LogP contribution in [-0.4, -0.2) is 17.7 Å². The minimum atomic E-state index is -0.442. The first kappa shape index (κ1) is 19.9. The van der Waals surface area contributed by atoms with E-state index in [2.05, 4.69) is 23.1 Å². The lowest BCUT2D eigenvalue weighted by atomic mass is 9.90. The van der Waals surface area contributed by atoms with Crippen molar-refractivity contribution >= 4 is 34.7 Å². The van der Waals surface area contributed by atoms with Crippen LogP contribution in [0.15, 0.2) is 53.1 Å². The Morgan fingerprint density at radius 3 is 2.53 bits per heavy atom. The molecule has 8 heteroatoms. The van der Waals surface area contributed by atoms with E-state index in [1.165, 1.54) is 28.0 Å². The second-order valence-corrected chi connectivity index (χ2v) is 8.46. The van der Waals surface area contributed by atoms with Gasteiger partial charge in [-0.3, -0.25) is 25.2 Å². The molecule has 3 aromatic rings. The van der Waals surface area contributed by atoms with Gasteiger partial charge in [0.1, 0.15) is 0 Å². The molecular weight excluding hydrogens is 402 g/mol. The van der Waals surface area contributed by atoms with Crippen molar-refractivity contribution in [2.75, 3.05) is 5.32 Å². The smallest absolute Gasteiger partial charge is 0.291 e. The van der Waals surface area contributed by atoms with Crippen molar-refractivity contribution in [3.8, 4) is 0 Å². The van der Waals surface area contributed by atoms with Crippen molar-refractivity contribution in [1.82, 2.24) is 10.9 Å². The van der Waals surface area contributed by atoms with Crippen LogP contribution in [0, 0.1) is 5.92 Å². The average Bonchev–Trinajstić information content (AvgIpc) is 3.42. The number of nitrogens with one attached hydrogen (secondary N) is 3. The highest BCUT2D eigenvalue weighted by atomic mass is 32.1. The monoisotopic (exact) mass is 423 g/mol. The van der Waals surface area contributed by atoms with E-state index in [4.69, 9.17) is 4.42 Å². The van der Waals surface area contributed by atoms with Crippen molar-refractivity contribution in [1.29, 1.82) is 0 Å². The summed E-state index contributed by atoms with van der Waals surface area (Å²) in [5.74, 6) is -0.309. The molecule has 1 aliphatic rings. The minimum absolute atomic E-state index is 0.198. The molecule has 0 fully saturated rings. The number of anilines is 1. The molecule has 3 N–H and O–H groups in total. The van der Waals surface area contributed by atoms with Crippen molar-refractivity contribution in [2.24, 2.45) is 5.92 Å². The minimum Gasteiger partial charge on any atom is -0.459 e. The number of furan rings is 1. The molecule has 0 aliphatic heterocycles. The first-order valence-corrected chi connectivity index (χ1v) is 10.5. The molecule has 1 unspecified atom stereocenters. The molecule has 4 rings (SSSR count). The number of carbonyl (C=O) groups is 3. The van der Waals surface area contributed by atoms with Crippen LogP contribution >= 0.6 is 11.3 Å². The molecule has 0 saturated carbocycles. The second kappa shape index (κ2) is 8.54. The summed E-state index contributed by atoms with van der Waals surface area (Å²) in [6.45, 7) is 2.22. The van der Waals surface area contributed by atoms with Gasteiger partial charge in [0.15, 0.2) is 5.76 Å². The molecule has 0 spiro atoms. The van der Waals surface area contributed by atoms with Crippen LogP contribution in [0.4, 0.5) is 5.69 Å². The number of rotatable bonds is 4. The molecule has 7 nitrogen and oxygen atoms in total. The SMILES string of the molecule is CC1CCc2sc(C(=O)NNC(=O)c3ccc(NC(=O)c4ccco4)cc3)cc2C1. The maximum atomic E-state index is 12.4. The second-order valence-electron chi connectivity index (χ2n) is 7.32. The first-order chi connectivity index (χ1) is 14.5. The van der Waals surface area contributed by atoms with Crippen molar-refractivity contribution < 1.29 is 18.8 Å². The summed E-state index contributed by atoms with van der Waals surface area (Å²) >= 11 is 1.49. The van der Waals surface area contributed by atoms with Crippen LogP contribution in [0.3, 0.4) is 0 Å². The molecule has 3 amide bonds. The number of carbonyl (C=O) groups excluding carboxylic acids is 3. The maximum Gasteiger partial charge on any atom is 0.291 e. The lowest BCUT2D eigenvalue weighted by Crippen LogP contribution is -2.41. The van der Waals surface area contributed by atoms with E-state index < -0.39 is 5.91 Å². The quantitative estimate of drug-likeness (QED) is 0.556. The van der Waals surface area contributed by atoms with Gasteiger partial charge in [0.2, 0.25) is 0 Å². The summed E-state index contributed by atoms with van der Waals surface area (Å²) in [6, 6.07) is 11.4. The number of hydrazine groups is 1. The Bertz CT molecular complexity index is 1070. The summed E-state index contributed by atoms with van der Waals surface area (Å²) in [4.78, 5) is 38.5. The average molecular weight is 423 g/mol. The van der Waals surface area contributed by atoms with Gasteiger partial charge in [0, 0.05) is 16.1 Å². The Labute approximate surface area is 177 Å². The molecule has 1 aliphatic carbocycles. The van der Waals surface area contributed by atoms with E-state index in [1.807, 2.05) is 6.07 Å². The van der Waals surface area contributed by atoms with Gasteiger partial charge in [-0.05, 0) is 73.2 Å². The molecule has 0 radical (unpaired) electrons.